The van der Waals surface area contributed by atoms with Crippen molar-refractivity contribution in [2.75, 3.05) is 5.32 Å². The van der Waals surface area contributed by atoms with Gasteiger partial charge >= 0.3 is 0 Å². The Hall–Kier alpha value is -3.28. The van der Waals surface area contributed by atoms with Crippen LogP contribution < -0.4 is 14.8 Å². The van der Waals surface area contributed by atoms with E-state index in [1.807, 2.05) is 44.2 Å². The molecule has 3 aromatic rings. The Bertz CT molecular complexity index is 1000. The van der Waals surface area contributed by atoms with E-state index in [2.05, 4.69) is 10.5 Å². The van der Waals surface area contributed by atoms with Gasteiger partial charge in [-0.25, -0.2) is 0 Å². The van der Waals surface area contributed by atoms with Crippen molar-refractivity contribution in [2.45, 2.75) is 52.2 Å². The summed E-state index contributed by atoms with van der Waals surface area (Å²) < 4.78 is 17.0. The predicted octanol–water partition coefficient (Wildman–Crippen LogP) is 5.44. The number of hydrogen-bond donors (Lipinski definition) is 1. The topological polar surface area (TPSA) is 73.6 Å². The van der Waals surface area contributed by atoms with Crippen molar-refractivity contribution < 1.29 is 18.8 Å². The van der Waals surface area contributed by atoms with Crippen LogP contribution in [0.2, 0.25) is 0 Å². The summed E-state index contributed by atoms with van der Waals surface area (Å²) in [6.07, 6.45) is 4.91. The molecule has 1 aromatic heterocycles. The second-order valence-electron chi connectivity index (χ2n) is 7.63. The Balaban J connectivity index is 1.39. The molecule has 0 saturated heterocycles. The number of carbonyl (C=O) groups excluding carboxylic acids is 1. The summed E-state index contributed by atoms with van der Waals surface area (Å²) in [5.41, 5.74) is 2.95. The second kappa shape index (κ2) is 9.03. The largest absolute Gasteiger partial charge is 0.490 e. The minimum Gasteiger partial charge on any atom is -0.490 e. The zero-order chi connectivity index (χ0) is 20.9. The molecule has 0 bridgehead atoms. The van der Waals surface area contributed by atoms with Crippen molar-refractivity contribution in [3.05, 3.63) is 71.1 Å². The fourth-order valence-corrected chi connectivity index (χ4v) is 3.64. The van der Waals surface area contributed by atoms with E-state index in [9.17, 15) is 4.79 Å². The van der Waals surface area contributed by atoms with Gasteiger partial charge in [-0.15, -0.1) is 0 Å². The molecule has 1 amide bonds. The summed E-state index contributed by atoms with van der Waals surface area (Å²) in [6.45, 7) is 4.07. The molecule has 30 heavy (non-hydrogen) atoms. The highest BCUT2D eigenvalue weighted by atomic mass is 16.5. The van der Waals surface area contributed by atoms with E-state index in [0.717, 1.165) is 35.6 Å². The van der Waals surface area contributed by atoms with E-state index in [0.29, 0.717) is 23.6 Å². The van der Waals surface area contributed by atoms with Crippen LogP contribution in [-0.2, 0) is 6.61 Å². The van der Waals surface area contributed by atoms with Gasteiger partial charge in [0.2, 0.25) is 0 Å². The maximum absolute atomic E-state index is 12.7. The van der Waals surface area contributed by atoms with Gasteiger partial charge in [-0.1, -0.05) is 17.3 Å². The third-order valence-corrected chi connectivity index (χ3v) is 5.36. The third-order valence-electron chi connectivity index (χ3n) is 5.36. The molecule has 1 heterocycles. The first-order valence-electron chi connectivity index (χ1n) is 10.3. The minimum atomic E-state index is -0.198. The molecule has 1 aliphatic rings. The summed E-state index contributed by atoms with van der Waals surface area (Å²) in [5.74, 6) is 1.94. The highest BCUT2D eigenvalue weighted by Crippen LogP contribution is 2.26. The maximum Gasteiger partial charge on any atom is 0.255 e. The van der Waals surface area contributed by atoms with E-state index >= 15 is 0 Å². The summed E-state index contributed by atoms with van der Waals surface area (Å²) in [7, 11) is 0. The molecule has 6 heteroatoms. The molecule has 4 rings (SSSR count). The van der Waals surface area contributed by atoms with Gasteiger partial charge in [-0.3, -0.25) is 4.79 Å². The first-order chi connectivity index (χ1) is 14.6. The molecule has 156 valence electrons. The summed E-state index contributed by atoms with van der Waals surface area (Å²) in [5, 5.41) is 6.87. The van der Waals surface area contributed by atoms with Crippen molar-refractivity contribution in [2.24, 2.45) is 0 Å². The van der Waals surface area contributed by atoms with Gasteiger partial charge in [0.25, 0.3) is 5.91 Å². The van der Waals surface area contributed by atoms with Crippen LogP contribution in [0.15, 0.2) is 53.1 Å². The fraction of sp³-hybridized carbons (Fsp3) is 0.333. The number of nitrogens with one attached hydrogen (secondary N) is 1. The monoisotopic (exact) mass is 406 g/mol. The zero-order valence-electron chi connectivity index (χ0n) is 17.3. The van der Waals surface area contributed by atoms with E-state index < -0.39 is 0 Å². The van der Waals surface area contributed by atoms with Crippen LogP contribution in [0.5, 0.6) is 11.5 Å². The van der Waals surface area contributed by atoms with Gasteiger partial charge in [-0.2, -0.15) is 0 Å². The van der Waals surface area contributed by atoms with E-state index in [4.69, 9.17) is 14.0 Å². The number of rotatable bonds is 7. The van der Waals surface area contributed by atoms with E-state index in [-0.39, 0.29) is 12.0 Å². The number of aromatic nitrogens is 1. The van der Waals surface area contributed by atoms with Crippen molar-refractivity contribution in [1.29, 1.82) is 0 Å². The molecule has 0 aliphatic heterocycles. The molecular formula is C24H26N2O4. The lowest BCUT2D eigenvalue weighted by atomic mass is 10.2. The SMILES string of the molecule is Cc1noc(C)c1COc1cccc(C(=O)Nc2cccc(OC3CCCC3)c2)c1. The normalized spacial score (nSPS) is 13.9. The average molecular weight is 406 g/mol. The molecule has 2 aromatic carbocycles. The number of anilines is 1. The first kappa shape index (κ1) is 20.0. The Kier molecular flexibility index (Phi) is 6.02. The quantitative estimate of drug-likeness (QED) is 0.565. The molecule has 6 nitrogen and oxygen atoms in total. The van der Waals surface area contributed by atoms with Crippen LogP contribution in [0, 0.1) is 13.8 Å². The van der Waals surface area contributed by atoms with Crippen LogP contribution in [-0.4, -0.2) is 17.2 Å². The van der Waals surface area contributed by atoms with Crippen LogP contribution >= 0.6 is 0 Å². The third kappa shape index (κ3) is 4.82. The number of aryl methyl sites for hydroxylation is 2. The highest BCUT2D eigenvalue weighted by molar-refractivity contribution is 6.04. The van der Waals surface area contributed by atoms with Gasteiger partial charge in [0.1, 0.15) is 23.9 Å². The fourth-order valence-electron chi connectivity index (χ4n) is 3.64. The number of ether oxygens (including phenoxy) is 2. The minimum absolute atomic E-state index is 0.198. The summed E-state index contributed by atoms with van der Waals surface area (Å²) >= 11 is 0. The lowest BCUT2D eigenvalue weighted by molar-refractivity contribution is 0.102. The molecule has 1 aliphatic carbocycles. The van der Waals surface area contributed by atoms with Crippen molar-refractivity contribution in [3.8, 4) is 11.5 Å². The van der Waals surface area contributed by atoms with Crippen molar-refractivity contribution in [3.63, 3.8) is 0 Å². The van der Waals surface area contributed by atoms with Crippen molar-refractivity contribution >= 4 is 11.6 Å². The molecule has 1 N–H and O–H groups in total. The van der Waals surface area contributed by atoms with Crippen LogP contribution in [0.1, 0.15) is 53.1 Å². The van der Waals surface area contributed by atoms with Gasteiger partial charge in [-0.05, 0) is 69.9 Å². The number of carbonyl (C=O) groups is 1. The number of benzene rings is 2. The van der Waals surface area contributed by atoms with Crippen molar-refractivity contribution in [1.82, 2.24) is 5.16 Å². The maximum atomic E-state index is 12.7. The number of nitrogens with zero attached hydrogens (tertiary/aromatic N) is 1. The predicted molar refractivity (Wildman–Crippen MR) is 114 cm³/mol. The zero-order valence-corrected chi connectivity index (χ0v) is 17.3. The lowest BCUT2D eigenvalue weighted by Gasteiger charge is -2.14. The molecule has 1 saturated carbocycles. The van der Waals surface area contributed by atoms with Crippen LogP contribution in [0.3, 0.4) is 0 Å². The number of amides is 1. The van der Waals surface area contributed by atoms with Gasteiger partial charge in [0, 0.05) is 17.3 Å². The van der Waals surface area contributed by atoms with Gasteiger partial charge in [0.15, 0.2) is 0 Å². The molecule has 0 unspecified atom stereocenters. The highest BCUT2D eigenvalue weighted by Gasteiger charge is 2.17. The average Bonchev–Trinajstić information content (AvgIpc) is 3.37. The Labute approximate surface area is 176 Å². The lowest BCUT2D eigenvalue weighted by Crippen LogP contribution is -2.13. The van der Waals surface area contributed by atoms with Crippen LogP contribution in [0.25, 0.3) is 0 Å². The molecule has 0 radical (unpaired) electrons. The molecule has 1 fully saturated rings. The second-order valence-corrected chi connectivity index (χ2v) is 7.63. The Morgan fingerprint density at radius 1 is 1.10 bits per heavy atom. The first-order valence-corrected chi connectivity index (χ1v) is 10.3. The smallest absolute Gasteiger partial charge is 0.255 e. The molecule has 0 spiro atoms. The Morgan fingerprint density at radius 2 is 1.87 bits per heavy atom. The summed E-state index contributed by atoms with van der Waals surface area (Å²) in [6, 6.07) is 14.7. The van der Waals surface area contributed by atoms with E-state index in [1.165, 1.54) is 12.8 Å². The van der Waals surface area contributed by atoms with Crippen LogP contribution in [0.4, 0.5) is 5.69 Å². The standard InChI is InChI=1S/C24H26N2O4/c1-16-23(17(2)30-26-16)15-28-21-11-5-7-18(13-21)24(27)25-19-8-6-12-22(14-19)29-20-9-3-4-10-20/h5-8,11-14,20H,3-4,9-10,15H2,1-2H3,(H,25,27). The number of hydrogen-bond acceptors (Lipinski definition) is 5. The Morgan fingerprint density at radius 3 is 2.63 bits per heavy atom. The van der Waals surface area contributed by atoms with Gasteiger partial charge in [0.05, 0.1) is 17.4 Å². The van der Waals surface area contributed by atoms with E-state index in [1.54, 1.807) is 18.2 Å². The molecule has 0 atom stereocenters. The molecular weight excluding hydrogens is 380 g/mol. The summed E-state index contributed by atoms with van der Waals surface area (Å²) in [4.78, 5) is 12.7. The van der Waals surface area contributed by atoms with Gasteiger partial charge < -0.3 is 19.3 Å².